The van der Waals surface area contributed by atoms with Crippen LogP contribution in [0.4, 0.5) is 0 Å². The zero-order valence-electron chi connectivity index (χ0n) is 14.9. The standard InChI is InChI=1S/C18H28N6/c1-14-19-8-10-24(14)13-17-20-21-18(22(17)2)16-7-4-9-23(12-16)11-15-5-3-6-15/h8,10,15-16H,3-7,9,11-13H2,1-2H3/t16-/m0/s1. The highest BCUT2D eigenvalue weighted by Gasteiger charge is 2.28. The normalized spacial score (nSPS) is 22.7. The van der Waals surface area contributed by atoms with E-state index in [0.29, 0.717) is 5.92 Å². The molecule has 1 saturated heterocycles. The van der Waals surface area contributed by atoms with E-state index < -0.39 is 0 Å². The lowest BCUT2D eigenvalue weighted by Crippen LogP contribution is -2.39. The van der Waals surface area contributed by atoms with Crippen LogP contribution in [0.3, 0.4) is 0 Å². The van der Waals surface area contributed by atoms with E-state index >= 15 is 0 Å². The van der Waals surface area contributed by atoms with Crippen molar-refractivity contribution in [3.05, 3.63) is 29.9 Å². The van der Waals surface area contributed by atoms with Crippen LogP contribution >= 0.6 is 0 Å². The van der Waals surface area contributed by atoms with E-state index in [-0.39, 0.29) is 0 Å². The maximum absolute atomic E-state index is 4.55. The first-order chi connectivity index (χ1) is 11.7. The molecule has 0 radical (unpaired) electrons. The number of likely N-dealkylation sites (tertiary alicyclic amines) is 1. The Morgan fingerprint density at radius 1 is 1.17 bits per heavy atom. The van der Waals surface area contributed by atoms with Gasteiger partial charge in [-0.2, -0.15) is 0 Å². The molecule has 1 atom stereocenters. The molecule has 4 rings (SSSR count). The molecule has 0 N–H and O–H groups in total. The van der Waals surface area contributed by atoms with Crippen molar-refractivity contribution < 1.29 is 0 Å². The molecule has 130 valence electrons. The van der Waals surface area contributed by atoms with Gasteiger partial charge in [0.05, 0.1) is 6.54 Å². The number of aromatic nitrogens is 5. The zero-order chi connectivity index (χ0) is 16.5. The summed E-state index contributed by atoms with van der Waals surface area (Å²) in [6.45, 7) is 6.46. The van der Waals surface area contributed by atoms with Crippen molar-refractivity contribution in [2.45, 2.75) is 51.5 Å². The molecule has 6 nitrogen and oxygen atoms in total. The molecular weight excluding hydrogens is 300 g/mol. The minimum atomic E-state index is 0.522. The van der Waals surface area contributed by atoms with Crippen molar-refractivity contribution in [2.75, 3.05) is 19.6 Å². The predicted molar refractivity (Wildman–Crippen MR) is 92.8 cm³/mol. The summed E-state index contributed by atoms with van der Waals surface area (Å²) in [5.74, 6) is 4.66. The molecule has 24 heavy (non-hydrogen) atoms. The third-order valence-electron chi connectivity index (χ3n) is 5.85. The highest BCUT2D eigenvalue weighted by Crippen LogP contribution is 2.31. The molecule has 6 heteroatoms. The van der Waals surface area contributed by atoms with Crippen molar-refractivity contribution in [3.8, 4) is 0 Å². The minimum Gasteiger partial charge on any atom is -0.328 e. The van der Waals surface area contributed by atoms with E-state index in [2.05, 4.69) is 36.3 Å². The molecule has 0 amide bonds. The number of piperidine rings is 1. The Balaban J connectivity index is 1.44. The number of aryl methyl sites for hydroxylation is 1. The average molecular weight is 328 g/mol. The number of hydrogen-bond donors (Lipinski definition) is 0. The zero-order valence-corrected chi connectivity index (χ0v) is 14.9. The fourth-order valence-corrected chi connectivity index (χ4v) is 4.06. The smallest absolute Gasteiger partial charge is 0.152 e. The van der Waals surface area contributed by atoms with Crippen LogP contribution in [0.5, 0.6) is 0 Å². The molecule has 1 saturated carbocycles. The van der Waals surface area contributed by atoms with Gasteiger partial charge in [-0.25, -0.2) is 4.98 Å². The Hall–Kier alpha value is -1.69. The van der Waals surface area contributed by atoms with E-state index in [1.54, 1.807) is 0 Å². The highest BCUT2D eigenvalue weighted by molar-refractivity contribution is 5.05. The van der Waals surface area contributed by atoms with Gasteiger partial charge in [-0.1, -0.05) is 6.42 Å². The molecule has 2 aliphatic rings. The van der Waals surface area contributed by atoms with Crippen LogP contribution in [0.25, 0.3) is 0 Å². The summed E-state index contributed by atoms with van der Waals surface area (Å²) in [6.07, 6.45) is 10.6. The van der Waals surface area contributed by atoms with Crippen LogP contribution in [-0.2, 0) is 13.6 Å². The highest BCUT2D eigenvalue weighted by atomic mass is 15.3. The topological polar surface area (TPSA) is 51.8 Å². The lowest BCUT2D eigenvalue weighted by atomic mass is 9.84. The summed E-state index contributed by atoms with van der Waals surface area (Å²) in [7, 11) is 2.11. The molecule has 2 aromatic rings. The summed E-state index contributed by atoms with van der Waals surface area (Å²) in [5.41, 5.74) is 0. The number of imidazole rings is 1. The molecule has 2 fully saturated rings. The lowest BCUT2D eigenvalue weighted by molar-refractivity contribution is 0.141. The molecule has 1 aliphatic heterocycles. The van der Waals surface area contributed by atoms with Gasteiger partial charge in [-0.15, -0.1) is 10.2 Å². The third-order valence-corrected chi connectivity index (χ3v) is 5.85. The van der Waals surface area contributed by atoms with E-state index in [1.165, 1.54) is 45.2 Å². The second-order valence-corrected chi connectivity index (χ2v) is 7.53. The summed E-state index contributed by atoms with van der Waals surface area (Å²) >= 11 is 0. The lowest BCUT2D eigenvalue weighted by Gasteiger charge is -2.37. The van der Waals surface area contributed by atoms with Gasteiger partial charge in [-0.05, 0) is 45.1 Å². The predicted octanol–water partition coefficient (Wildman–Crippen LogP) is 2.35. The summed E-state index contributed by atoms with van der Waals surface area (Å²) in [5, 5.41) is 9.02. The Labute approximate surface area is 143 Å². The van der Waals surface area contributed by atoms with Crippen molar-refractivity contribution in [3.63, 3.8) is 0 Å². The second kappa shape index (κ2) is 6.67. The fourth-order valence-electron chi connectivity index (χ4n) is 4.06. The van der Waals surface area contributed by atoms with Crippen LogP contribution < -0.4 is 0 Å². The van der Waals surface area contributed by atoms with E-state index in [0.717, 1.165) is 36.5 Å². The maximum Gasteiger partial charge on any atom is 0.152 e. The quantitative estimate of drug-likeness (QED) is 0.845. The minimum absolute atomic E-state index is 0.522. The van der Waals surface area contributed by atoms with Crippen LogP contribution in [-0.4, -0.2) is 48.8 Å². The van der Waals surface area contributed by atoms with Gasteiger partial charge >= 0.3 is 0 Å². The largest absolute Gasteiger partial charge is 0.328 e. The summed E-state index contributed by atoms with van der Waals surface area (Å²) in [4.78, 5) is 6.95. The van der Waals surface area contributed by atoms with Crippen molar-refractivity contribution in [1.29, 1.82) is 0 Å². The van der Waals surface area contributed by atoms with Gasteiger partial charge in [0.25, 0.3) is 0 Å². The molecule has 3 heterocycles. The van der Waals surface area contributed by atoms with E-state index in [4.69, 9.17) is 0 Å². The molecular formula is C18H28N6. The fraction of sp³-hybridized carbons (Fsp3) is 0.722. The first-order valence-electron chi connectivity index (χ1n) is 9.29. The summed E-state index contributed by atoms with van der Waals surface area (Å²) in [6, 6.07) is 0. The van der Waals surface area contributed by atoms with Crippen molar-refractivity contribution in [1.82, 2.24) is 29.2 Å². The van der Waals surface area contributed by atoms with Crippen molar-refractivity contribution >= 4 is 0 Å². The monoisotopic (exact) mass is 328 g/mol. The van der Waals surface area contributed by atoms with Gasteiger partial charge < -0.3 is 14.0 Å². The van der Waals surface area contributed by atoms with Crippen LogP contribution in [0.2, 0.25) is 0 Å². The maximum atomic E-state index is 4.55. The Kier molecular flexibility index (Phi) is 4.39. The molecule has 2 aromatic heterocycles. The molecule has 0 unspecified atom stereocenters. The van der Waals surface area contributed by atoms with Crippen molar-refractivity contribution in [2.24, 2.45) is 13.0 Å². The molecule has 0 bridgehead atoms. The van der Waals surface area contributed by atoms with Gasteiger partial charge in [0.15, 0.2) is 5.82 Å². The SMILES string of the molecule is Cc1nccn1Cc1nnc([C@H]2CCCN(CC3CCC3)C2)n1C. The third kappa shape index (κ3) is 3.11. The van der Waals surface area contributed by atoms with Crippen LogP contribution in [0.1, 0.15) is 55.5 Å². The Morgan fingerprint density at radius 3 is 2.75 bits per heavy atom. The average Bonchev–Trinajstić information content (AvgIpc) is 3.11. The Bertz CT molecular complexity index is 683. The molecule has 0 spiro atoms. The first kappa shape index (κ1) is 15.8. The summed E-state index contributed by atoms with van der Waals surface area (Å²) < 4.78 is 4.33. The van der Waals surface area contributed by atoms with Gasteiger partial charge in [-0.3, -0.25) is 0 Å². The van der Waals surface area contributed by atoms with Gasteiger partial charge in [0.1, 0.15) is 11.6 Å². The second-order valence-electron chi connectivity index (χ2n) is 7.53. The van der Waals surface area contributed by atoms with Gasteiger partial charge in [0, 0.05) is 38.4 Å². The number of rotatable bonds is 5. The van der Waals surface area contributed by atoms with Crippen LogP contribution in [0.15, 0.2) is 12.4 Å². The van der Waals surface area contributed by atoms with Crippen LogP contribution in [0, 0.1) is 12.8 Å². The number of nitrogens with zero attached hydrogens (tertiary/aromatic N) is 6. The van der Waals surface area contributed by atoms with Gasteiger partial charge in [0.2, 0.25) is 0 Å². The number of hydrogen-bond acceptors (Lipinski definition) is 4. The van der Waals surface area contributed by atoms with E-state index in [9.17, 15) is 0 Å². The molecule has 1 aliphatic carbocycles. The first-order valence-corrected chi connectivity index (χ1v) is 9.29. The van der Waals surface area contributed by atoms with E-state index in [1.807, 2.05) is 19.3 Å². The molecule has 0 aromatic carbocycles. The Morgan fingerprint density at radius 2 is 2.04 bits per heavy atom.